The highest BCUT2D eigenvalue weighted by atomic mass is 16.3. The number of rotatable bonds is 1. The number of amides is 1. The first-order valence-electron chi connectivity index (χ1n) is 7.29. The molecule has 1 aliphatic carbocycles. The second-order valence-corrected chi connectivity index (χ2v) is 6.06. The number of aromatic amines is 1. The normalized spacial score (nSPS) is 21.3. The largest absolute Gasteiger partial charge is 0.384 e. The van der Waals surface area contributed by atoms with Crippen LogP contribution in [-0.2, 0) is 16.6 Å². The summed E-state index contributed by atoms with van der Waals surface area (Å²) in [5.74, 6) is -0.0797. The number of hydrogen-bond acceptors (Lipinski definition) is 5. The lowest BCUT2D eigenvalue weighted by Crippen LogP contribution is -2.47. The Balaban J connectivity index is 1.85. The van der Waals surface area contributed by atoms with Crippen molar-refractivity contribution in [3.05, 3.63) is 21.6 Å². The van der Waals surface area contributed by atoms with Gasteiger partial charge in [0.25, 0.3) is 11.5 Å². The molecular formula is C14H20N4O3. The van der Waals surface area contributed by atoms with Gasteiger partial charge in [-0.05, 0) is 32.6 Å². The first-order chi connectivity index (χ1) is 9.93. The molecule has 1 aliphatic heterocycles. The Morgan fingerprint density at radius 2 is 2.10 bits per heavy atom. The second kappa shape index (κ2) is 4.84. The van der Waals surface area contributed by atoms with E-state index < -0.39 is 6.10 Å². The molecule has 1 aromatic rings. The molecule has 1 saturated heterocycles. The van der Waals surface area contributed by atoms with E-state index in [1.54, 1.807) is 4.90 Å². The third-order valence-electron chi connectivity index (χ3n) is 4.78. The van der Waals surface area contributed by atoms with E-state index in [1.165, 1.54) is 6.92 Å². The topological polar surface area (TPSA) is 112 Å². The first kappa shape index (κ1) is 14.1. The number of hydrogen-bond donors (Lipinski definition) is 3. The highest BCUT2D eigenvalue weighted by Gasteiger charge is 2.44. The fourth-order valence-corrected chi connectivity index (χ4v) is 3.57. The number of fused-ring (bicyclic) bond motifs is 2. The Hall–Kier alpha value is -1.89. The molecule has 1 amide bonds. The summed E-state index contributed by atoms with van der Waals surface area (Å²) >= 11 is 0. The maximum Gasteiger partial charge on any atom is 0.255 e. The summed E-state index contributed by atoms with van der Waals surface area (Å²) in [5, 5.41) is 9.39. The fourth-order valence-electron chi connectivity index (χ4n) is 3.57. The number of nitrogens with zero attached hydrogens (tertiary/aromatic N) is 2. The van der Waals surface area contributed by atoms with E-state index in [0.29, 0.717) is 19.5 Å². The Bertz CT molecular complexity index is 630. The van der Waals surface area contributed by atoms with Gasteiger partial charge in [-0.1, -0.05) is 0 Å². The van der Waals surface area contributed by atoms with Gasteiger partial charge in [0.1, 0.15) is 6.10 Å². The van der Waals surface area contributed by atoms with Gasteiger partial charge in [-0.3, -0.25) is 14.6 Å². The molecule has 0 aromatic carbocycles. The van der Waals surface area contributed by atoms with E-state index in [0.717, 1.165) is 30.5 Å². The molecule has 1 spiro atoms. The van der Waals surface area contributed by atoms with Crippen molar-refractivity contribution in [3.8, 4) is 0 Å². The number of anilines is 1. The molecule has 7 nitrogen and oxygen atoms in total. The van der Waals surface area contributed by atoms with Crippen molar-refractivity contribution in [2.75, 3.05) is 18.8 Å². The van der Waals surface area contributed by atoms with Crippen LogP contribution in [0.5, 0.6) is 0 Å². The summed E-state index contributed by atoms with van der Waals surface area (Å²) < 4.78 is 0. The molecule has 0 unspecified atom stereocenters. The maximum absolute atomic E-state index is 11.9. The molecule has 3 rings (SSSR count). The number of aliphatic hydroxyl groups is 1. The van der Waals surface area contributed by atoms with Crippen molar-refractivity contribution in [3.63, 3.8) is 0 Å². The van der Waals surface area contributed by atoms with Crippen molar-refractivity contribution in [2.45, 2.75) is 44.1 Å². The van der Waals surface area contributed by atoms with E-state index >= 15 is 0 Å². The van der Waals surface area contributed by atoms with Crippen LogP contribution in [0.2, 0.25) is 0 Å². The zero-order chi connectivity index (χ0) is 15.2. The van der Waals surface area contributed by atoms with Crippen LogP contribution in [0, 0.1) is 0 Å². The van der Waals surface area contributed by atoms with E-state index in [4.69, 9.17) is 5.73 Å². The van der Waals surface area contributed by atoms with E-state index in [9.17, 15) is 14.7 Å². The van der Waals surface area contributed by atoms with Crippen molar-refractivity contribution in [2.24, 2.45) is 0 Å². The minimum absolute atomic E-state index is 0.142. The quantitative estimate of drug-likeness (QED) is 0.648. The summed E-state index contributed by atoms with van der Waals surface area (Å²) in [5.41, 5.74) is 6.93. The standard InChI is InChI=1S/C14H20N4O3/c1-8(19)12(21)18-6-4-14(5-7-18)3-2-9-10(14)16-13(15)17-11(9)20/h8,19H,2-7H2,1H3,(H3,15,16,17,20)/t8-/m0/s1. The molecule has 1 fully saturated rings. The van der Waals surface area contributed by atoms with Gasteiger partial charge in [0.15, 0.2) is 0 Å². The number of nitrogen functional groups attached to an aromatic ring is 1. The molecule has 1 atom stereocenters. The molecule has 2 heterocycles. The number of piperidine rings is 1. The van der Waals surface area contributed by atoms with Crippen molar-refractivity contribution in [1.29, 1.82) is 0 Å². The Kier molecular flexibility index (Phi) is 3.24. The van der Waals surface area contributed by atoms with Crippen molar-refractivity contribution < 1.29 is 9.90 Å². The van der Waals surface area contributed by atoms with E-state index in [2.05, 4.69) is 9.97 Å². The minimum Gasteiger partial charge on any atom is -0.384 e. The zero-order valence-corrected chi connectivity index (χ0v) is 12.1. The van der Waals surface area contributed by atoms with Crippen LogP contribution in [0.1, 0.15) is 37.4 Å². The molecule has 1 aromatic heterocycles. The van der Waals surface area contributed by atoms with Gasteiger partial charge in [-0.2, -0.15) is 0 Å². The summed E-state index contributed by atoms with van der Waals surface area (Å²) in [4.78, 5) is 32.4. The van der Waals surface area contributed by atoms with Crippen LogP contribution < -0.4 is 11.3 Å². The Morgan fingerprint density at radius 3 is 2.71 bits per heavy atom. The van der Waals surface area contributed by atoms with Crippen molar-refractivity contribution >= 4 is 11.9 Å². The number of nitrogens with two attached hydrogens (primary N) is 1. The van der Waals surface area contributed by atoms with Crippen molar-refractivity contribution in [1.82, 2.24) is 14.9 Å². The van der Waals surface area contributed by atoms with Gasteiger partial charge >= 0.3 is 0 Å². The minimum atomic E-state index is -0.966. The average Bonchev–Trinajstić information content (AvgIpc) is 2.78. The van der Waals surface area contributed by atoms with Crippen LogP contribution in [0.15, 0.2) is 4.79 Å². The predicted octanol–water partition coefficient (Wildman–Crippen LogP) is -0.461. The molecule has 7 heteroatoms. The van der Waals surface area contributed by atoms with Gasteiger partial charge in [-0.25, -0.2) is 4.98 Å². The molecule has 0 radical (unpaired) electrons. The molecule has 114 valence electrons. The third kappa shape index (κ3) is 2.21. The molecular weight excluding hydrogens is 272 g/mol. The third-order valence-corrected chi connectivity index (χ3v) is 4.78. The number of aromatic nitrogens is 2. The summed E-state index contributed by atoms with van der Waals surface area (Å²) in [7, 11) is 0. The Labute approximate surface area is 122 Å². The first-order valence-corrected chi connectivity index (χ1v) is 7.29. The second-order valence-electron chi connectivity index (χ2n) is 6.06. The van der Waals surface area contributed by atoms with Crippen LogP contribution in [0.25, 0.3) is 0 Å². The van der Waals surface area contributed by atoms with Gasteiger partial charge in [0, 0.05) is 24.1 Å². The summed E-state index contributed by atoms with van der Waals surface area (Å²) in [6.07, 6.45) is 2.13. The van der Waals surface area contributed by atoms with E-state index in [1.807, 2.05) is 0 Å². The number of aliphatic hydroxyl groups excluding tert-OH is 1. The smallest absolute Gasteiger partial charge is 0.255 e. The number of carbonyl (C=O) groups is 1. The lowest BCUT2D eigenvalue weighted by Gasteiger charge is -2.39. The van der Waals surface area contributed by atoms with Gasteiger partial charge in [0.05, 0.1) is 5.69 Å². The number of H-pyrrole nitrogens is 1. The highest BCUT2D eigenvalue weighted by Crippen LogP contribution is 2.44. The monoisotopic (exact) mass is 292 g/mol. The van der Waals surface area contributed by atoms with Crippen LogP contribution in [0.3, 0.4) is 0 Å². The Morgan fingerprint density at radius 1 is 1.43 bits per heavy atom. The highest BCUT2D eigenvalue weighted by molar-refractivity contribution is 5.80. The van der Waals surface area contributed by atoms with Crippen LogP contribution in [0.4, 0.5) is 5.95 Å². The lowest BCUT2D eigenvalue weighted by atomic mass is 9.76. The maximum atomic E-state index is 11.9. The molecule has 0 saturated carbocycles. The van der Waals surface area contributed by atoms with E-state index in [-0.39, 0.29) is 22.8 Å². The van der Waals surface area contributed by atoms with Gasteiger partial charge in [-0.15, -0.1) is 0 Å². The van der Waals surface area contributed by atoms with Gasteiger partial charge in [0.2, 0.25) is 5.95 Å². The fraction of sp³-hybridized carbons (Fsp3) is 0.643. The SMILES string of the molecule is C[C@H](O)C(=O)N1CCC2(CCc3c2nc(N)[nH]c3=O)CC1. The molecule has 0 bridgehead atoms. The number of nitrogens with one attached hydrogen (secondary N) is 1. The lowest BCUT2D eigenvalue weighted by molar-refractivity contribution is -0.140. The average molecular weight is 292 g/mol. The predicted molar refractivity (Wildman–Crippen MR) is 76.8 cm³/mol. The van der Waals surface area contributed by atoms with Crippen LogP contribution >= 0.6 is 0 Å². The van der Waals surface area contributed by atoms with Crippen LogP contribution in [-0.4, -0.2) is 45.1 Å². The molecule has 4 N–H and O–H groups in total. The molecule has 21 heavy (non-hydrogen) atoms. The molecule has 2 aliphatic rings. The zero-order valence-electron chi connectivity index (χ0n) is 12.1. The number of likely N-dealkylation sites (tertiary alicyclic amines) is 1. The summed E-state index contributed by atoms with van der Waals surface area (Å²) in [6.45, 7) is 2.65. The van der Waals surface area contributed by atoms with Gasteiger partial charge < -0.3 is 15.7 Å². The number of carbonyl (C=O) groups excluding carboxylic acids is 1. The summed E-state index contributed by atoms with van der Waals surface area (Å²) in [6, 6.07) is 0.